The highest BCUT2D eigenvalue weighted by Gasteiger charge is 2.31. The van der Waals surface area contributed by atoms with Crippen molar-refractivity contribution in [2.24, 2.45) is 4.99 Å². The number of anilines is 1. The number of phenols is 1. The summed E-state index contributed by atoms with van der Waals surface area (Å²) in [5, 5.41) is 20.1. The molecule has 1 amide bonds. The SMILES string of the molecule is CCCCN1C(=O)C(CO)N=C(c2cccc(O)c2)c2ccc(Cl)cc21. The van der Waals surface area contributed by atoms with Gasteiger partial charge >= 0.3 is 0 Å². The first kappa shape index (κ1) is 18.4. The fraction of sp³-hybridized carbons (Fsp3) is 0.300. The van der Waals surface area contributed by atoms with Gasteiger partial charge in [-0.2, -0.15) is 0 Å². The molecule has 2 aromatic carbocycles. The van der Waals surface area contributed by atoms with E-state index >= 15 is 0 Å². The second-order valence-electron chi connectivity index (χ2n) is 6.23. The first-order valence-electron chi connectivity index (χ1n) is 8.64. The van der Waals surface area contributed by atoms with Gasteiger partial charge in [0.05, 0.1) is 18.0 Å². The van der Waals surface area contributed by atoms with Crippen molar-refractivity contribution in [2.75, 3.05) is 18.1 Å². The minimum atomic E-state index is -0.893. The van der Waals surface area contributed by atoms with Crippen LogP contribution in [0.2, 0.25) is 5.02 Å². The number of carbonyl (C=O) groups is 1. The zero-order chi connectivity index (χ0) is 18.7. The van der Waals surface area contributed by atoms with Crippen LogP contribution in [0.25, 0.3) is 0 Å². The molecule has 136 valence electrons. The van der Waals surface area contributed by atoms with Crippen LogP contribution in [0.5, 0.6) is 5.75 Å². The van der Waals surface area contributed by atoms with Crippen molar-refractivity contribution in [1.29, 1.82) is 0 Å². The summed E-state index contributed by atoms with van der Waals surface area (Å²) in [6, 6.07) is 11.1. The van der Waals surface area contributed by atoms with Gasteiger partial charge in [0, 0.05) is 22.7 Å². The van der Waals surface area contributed by atoms with Gasteiger partial charge in [-0.15, -0.1) is 0 Å². The number of halogens is 1. The summed E-state index contributed by atoms with van der Waals surface area (Å²) in [6.07, 6.45) is 1.76. The van der Waals surface area contributed by atoms with Gasteiger partial charge in [0.2, 0.25) is 0 Å². The maximum absolute atomic E-state index is 13.0. The van der Waals surface area contributed by atoms with Crippen molar-refractivity contribution >= 4 is 28.9 Å². The Bertz CT molecular complexity index is 851. The molecule has 0 radical (unpaired) electrons. The number of aliphatic hydroxyl groups is 1. The van der Waals surface area contributed by atoms with Crippen molar-refractivity contribution in [3.8, 4) is 5.75 Å². The van der Waals surface area contributed by atoms with E-state index in [9.17, 15) is 15.0 Å². The fourth-order valence-electron chi connectivity index (χ4n) is 3.06. The Morgan fingerprint density at radius 3 is 2.73 bits per heavy atom. The first-order valence-corrected chi connectivity index (χ1v) is 9.02. The summed E-state index contributed by atoms with van der Waals surface area (Å²) in [4.78, 5) is 19.2. The summed E-state index contributed by atoms with van der Waals surface area (Å²) >= 11 is 6.20. The van der Waals surface area contributed by atoms with Crippen LogP contribution in [-0.2, 0) is 4.79 Å². The van der Waals surface area contributed by atoms with Gasteiger partial charge in [-0.25, -0.2) is 0 Å². The highest BCUT2D eigenvalue weighted by Crippen LogP contribution is 2.32. The number of carbonyl (C=O) groups excluding carboxylic acids is 1. The molecule has 0 aliphatic carbocycles. The number of hydrogen-bond donors (Lipinski definition) is 2. The smallest absolute Gasteiger partial charge is 0.254 e. The maximum atomic E-state index is 13.0. The van der Waals surface area contributed by atoms with Gasteiger partial charge < -0.3 is 15.1 Å². The van der Waals surface area contributed by atoms with Crippen LogP contribution in [-0.4, -0.2) is 41.0 Å². The van der Waals surface area contributed by atoms with E-state index in [1.807, 2.05) is 12.1 Å². The van der Waals surface area contributed by atoms with Gasteiger partial charge in [0.1, 0.15) is 5.75 Å². The van der Waals surface area contributed by atoms with Crippen LogP contribution in [0, 0.1) is 0 Å². The lowest BCUT2D eigenvalue weighted by molar-refractivity contribution is -0.120. The minimum absolute atomic E-state index is 0.111. The Morgan fingerprint density at radius 1 is 1.23 bits per heavy atom. The summed E-state index contributed by atoms with van der Waals surface area (Å²) in [5.74, 6) is -0.140. The number of aliphatic imine (C=N–C) groups is 1. The average Bonchev–Trinajstić information content (AvgIpc) is 2.74. The Hall–Kier alpha value is -2.37. The number of unbranched alkanes of at least 4 members (excludes halogenated alkanes) is 1. The number of fused-ring (bicyclic) bond motifs is 1. The quantitative estimate of drug-likeness (QED) is 0.844. The molecular weight excluding hydrogens is 352 g/mol. The molecule has 0 aromatic heterocycles. The normalized spacial score (nSPS) is 16.9. The van der Waals surface area contributed by atoms with E-state index in [0.29, 0.717) is 28.5 Å². The van der Waals surface area contributed by atoms with Gasteiger partial charge in [-0.3, -0.25) is 9.79 Å². The van der Waals surface area contributed by atoms with Gasteiger partial charge in [0.25, 0.3) is 5.91 Å². The van der Waals surface area contributed by atoms with Gasteiger partial charge in [-0.05, 0) is 36.8 Å². The fourth-order valence-corrected chi connectivity index (χ4v) is 3.22. The lowest BCUT2D eigenvalue weighted by Crippen LogP contribution is -2.40. The van der Waals surface area contributed by atoms with E-state index in [1.165, 1.54) is 0 Å². The maximum Gasteiger partial charge on any atom is 0.254 e. The van der Waals surface area contributed by atoms with E-state index in [1.54, 1.807) is 35.2 Å². The number of rotatable bonds is 5. The van der Waals surface area contributed by atoms with Crippen molar-refractivity contribution in [2.45, 2.75) is 25.8 Å². The molecule has 1 unspecified atom stereocenters. The standard InChI is InChI=1S/C20H21ClN2O3/c1-2-3-9-23-18-11-14(21)7-8-16(18)19(22-17(12-24)20(23)26)13-5-4-6-15(25)10-13/h4-8,10-11,17,24-25H,2-3,9,12H2,1H3. The monoisotopic (exact) mass is 372 g/mol. The van der Waals surface area contributed by atoms with Gasteiger partial charge in [0.15, 0.2) is 6.04 Å². The van der Waals surface area contributed by atoms with Crippen molar-refractivity contribution in [1.82, 2.24) is 0 Å². The summed E-state index contributed by atoms with van der Waals surface area (Å²) in [7, 11) is 0. The molecule has 0 saturated carbocycles. The molecular formula is C20H21ClN2O3. The number of benzodiazepines with no additional fused rings is 1. The Kier molecular flexibility index (Phi) is 5.59. The minimum Gasteiger partial charge on any atom is -0.508 e. The third-order valence-corrected chi connectivity index (χ3v) is 4.60. The van der Waals surface area contributed by atoms with Crippen LogP contribution in [0.4, 0.5) is 5.69 Å². The highest BCUT2D eigenvalue weighted by atomic mass is 35.5. The average molecular weight is 373 g/mol. The van der Waals surface area contributed by atoms with Crippen LogP contribution in [0.15, 0.2) is 47.5 Å². The predicted molar refractivity (Wildman–Crippen MR) is 103 cm³/mol. The lowest BCUT2D eigenvalue weighted by atomic mass is 10.00. The number of aliphatic hydroxyl groups excluding tert-OH is 1. The molecule has 1 aliphatic rings. The molecule has 2 N–H and O–H groups in total. The first-order chi connectivity index (χ1) is 12.5. The van der Waals surface area contributed by atoms with E-state index in [0.717, 1.165) is 18.4 Å². The number of phenolic OH excluding ortho intramolecular Hbond substituents is 1. The van der Waals surface area contributed by atoms with Crippen molar-refractivity contribution in [3.05, 3.63) is 58.6 Å². The summed E-state index contributed by atoms with van der Waals surface area (Å²) < 4.78 is 0. The van der Waals surface area contributed by atoms with Crippen LogP contribution in [0.3, 0.4) is 0 Å². The number of hydrogen-bond acceptors (Lipinski definition) is 4. The molecule has 3 rings (SSSR count). The summed E-state index contributed by atoms with van der Waals surface area (Å²) in [5.41, 5.74) is 2.66. The molecule has 0 saturated heterocycles. The van der Waals surface area contributed by atoms with Gasteiger partial charge in [-0.1, -0.05) is 37.1 Å². The largest absolute Gasteiger partial charge is 0.508 e. The highest BCUT2D eigenvalue weighted by molar-refractivity contribution is 6.31. The molecule has 0 spiro atoms. The zero-order valence-electron chi connectivity index (χ0n) is 14.5. The van der Waals surface area contributed by atoms with E-state index in [2.05, 4.69) is 11.9 Å². The molecule has 6 heteroatoms. The zero-order valence-corrected chi connectivity index (χ0v) is 15.3. The molecule has 0 fully saturated rings. The molecule has 5 nitrogen and oxygen atoms in total. The summed E-state index contributed by atoms with van der Waals surface area (Å²) in [6.45, 7) is 2.20. The third kappa shape index (κ3) is 3.59. The molecule has 1 aliphatic heterocycles. The molecule has 1 heterocycles. The van der Waals surface area contributed by atoms with E-state index < -0.39 is 6.04 Å². The Morgan fingerprint density at radius 2 is 2.04 bits per heavy atom. The predicted octanol–water partition coefficient (Wildman–Crippen LogP) is 3.39. The lowest BCUT2D eigenvalue weighted by Gasteiger charge is -2.25. The number of aromatic hydroxyl groups is 1. The van der Waals surface area contributed by atoms with Crippen molar-refractivity contribution < 1.29 is 15.0 Å². The van der Waals surface area contributed by atoms with Crippen LogP contribution < -0.4 is 4.90 Å². The topological polar surface area (TPSA) is 73.1 Å². The molecule has 1 atom stereocenters. The van der Waals surface area contributed by atoms with E-state index in [4.69, 9.17) is 11.6 Å². The van der Waals surface area contributed by atoms with Crippen molar-refractivity contribution in [3.63, 3.8) is 0 Å². The van der Waals surface area contributed by atoms with E-state index in [-0.39, 0.29) is 18.3 Å². The number of amides is 1. The third-order valence-electron chi connectivity index (χ3n) is 4.37. The number of nitrogens with zero attached hydrogens (tertiary/aromatic N) is 2. The number of benzene rings is 2. The Labute approximate surface area is 157 Å². The molecule has 26 heavy (non-hydrogen) atoms. The molecule has 0 bridgehead atoms. The van der Waals surface area contributed by atoms with Crippen LogP contribution in [0.1, 0.15) is 30.9 Å². The Balaban J connectivity index is 2.21. The molecule has 2 aromatic rings. The van der Waals surface area contributed by atoms with Crippen LogP contribution >= 0.6 is 11.6 Å². The second kappa shape index (κ2) is 7.89. The second-order valence-corrected chi connectivity index (χ2v) is 6.67.